The number of ether oxygens (including phenoxy) is 1. The normalized spacial score (nSPS) is 11.8. The molecule has 0 radical (unpaired) electrons. The first-order valence-corrected chi connectivity index (χ1v) is 6.19. The fourth-order valence-corrected chi connectivity index (χ4v) is 1.70. The van der Waals surface area contributed by atoms with Crippen molar-refractivity contribution < 1.29 is 9.13 Å². The van der Waals surface area contributed by atoms with Crippen LogP contribution in [0, 0.1) is 5.82 Å². The highest BCUT2D eigenvalue weighted by molar-refractivity contribution is 6.31. The van der Waals surface area contributed by atoms with Crippen LogP contribution in [0.5, 0.6) is 0 Å². The van der Waals surface area contributed by atoms with E-state index in [0.717, 1.165) is 12.8 Å². The van der Waals surface area contributed by atoms with Crippen molar-refractivity contribution in [1.29, 1.82) is 0 Å². The molecule has 0 saturated carbocycles. The molecule has 0 aliphatic heterocycles. The van der Waals surface area contributed by atoms with Gasteiger partial charge in [-0.3, -0.25) is 0 Å². The first-order valence-electron chi connectivity index (χ1n) is 5.82. The summed E-state index contributed by atoms with van der Waals surface area (Å²) in [4.78, 5) is 0. The van der Waals surface area contributed by atoms with Gasteiger partial charge in [-0.1, -0.05) is 31.5 Å². The lowest BCUT2D eigenvalue weighted by Crippen LogP contribution is -2.43. The minimum atomic E-state index is -0.340. The summed E-state index contributed by atoms with van der Waals surface area (Å²) in [5.41, 5.74) is 6.14. The third-order valence-electron chi connectivity index (χ3n) is 3.11. The van der Waals surface area contributed by atoms with Crippen LogP contribution in [0.1, 0.15) is 32.3 Å². The van der Waals surface area contributed by atoms with Crippen molar-refractivity contribution >= 4 is 11.6 Å². The molecule has 0 atom stereocenters. The quantitative estimate of drug-likeness (QED) is 0.849. The van der Waals surface area contributed by atoms with Crippen molar-refractivity contribution in [2.45, 2.75) is 38.8 Å². The Labute approximate surface area is 107 Å². The molecule has 0 aliphatic carbocycles. The lowest BCUT2D eigenvalue weighted by molar-refractivity contribution is 0.0680. The summed E-state index contributed by atoms with van der Waals surface area (Å²) in [6.07, 6.45) is 1.66. The Hall–Kier alpha value is -0.640. The van der Waals surface area contributed by atoms with Crippen molar-refractivity contribution in [3.05, 3.63) is 34.6 Å². The van der Waals surface area contributed by atoms with Crippen LogP contribution in [0.2, 0.25) is 5.02 Å². The second-order valence-electron chi connectivity index (χ2n) is 4.26. The van der Waals surface area contributed by atoms with Crippen LogP contribution in [0.25, 0.3) is 0 Å². The average molecular weight is 260 g/mol. The van der Waals surface area contributed by atoms with Crippen molar-refractivity contribution in [1.82, 2.24) is 0 Å². The Balaban J connectivity index is 2.57. The molecule has 2 nitrogen and oxygen atoms in total. The largest absolute Gasteiger partial charge is 0.375 e. The maximum atomic E-state index is 13.4. The second-order valence-corrected chi connectivity index (χ2v) is 4.67. The van der Waals surface area contributed by atoms with Gasteiger partial charge < -0.3 is 10.5 Å². The molecule has 1 aromatic rings. The fraction of sp³-hybridized carbons (Fsp3) is 0.538. The Morgan fingerprint density at radius 1 is 1.35 bits per heavy atom. The highest BCUT2D eigenvalue weighted by Gasteiger charge is 2.20. The molecular weight excluding hydrogens is 241 g/mol. The molecule has 0 aromatic heterocycles. The molecule has 1 aromatic carbocycles. The number of halogens is 2. The first-order chi connectivity index (χ1) is 8.02. The standard InChI is InChI=1S/C13H19ClFNO/c1-3-13(16,4-2)9-17-8-10-11(14)6-5-7-12(10)15/h5-7H,3-4,8-9,16H2,1-2H3. The van der Waals surface area contributed by atoms with E-state index >= 15 is 0 Å². The van der Waals surface area contributed by atoms with E-state index in [9.17, 15) is 4.39 Å². The summed E-state index contributed by atoms with van der Waals surface area (Å²) in [5, 5.41) is 0.389. The molecule has 0 saturated heterocycles. The molecule has 0 heterocycles. The van der Waals surface area contributed by atoms with Gasteiger partial charge in [-0.05, 0) is 25.0 Å². The maximum absolute atomic E-state index is 13.4. The minimum absolute atomic E-state index is 0.157. The van der Waals surface area contributed by atoms with Gasteiger partial charge in [0.2, 0.25) is 0 Å². The maximum Gasteiger partial charge on any atom is 0.130 e. The SMILES string of the molecule is CCC(N)(CC)COCc1c(F)cccc1Cl. The van der Waals surface area contributed by atoms with Crippen LogP contribution in [0.3, 0.4) is 0 Å². The van der Waals surface area contributed by atoms with Crippen molar-refractivity contribution in [3.8, 4) is 0 Å². The molecule has 1 rings (SSSR count). The molecule has 17 heavy (non-hydrogen) atoms. The topological polar surface area (TPSA) is 35.2 Å². The van der Waals surface area contributed by atoms with Gasteiger partial charge in [0.1, 0.15) is 5.82 Å². The van der Waals surface area contributed by atoms with Gasteiger partial charge >= 0.3 is 0 Å². The van der Waals surface area contributed by atoms with Gasteiger partial charge in [-0.25, -0.2) is 4.39 Å². The Bertz CT molecular complexity index is 346. The summed E-state index contributed by atoms with van der Waals surface area (Å²) < 4.78 is 18.9. The molecule has 2 N–H and O–H groups in total. The van der Waals surface area contributed by atoms with Crippen molar-refractivity contribution in [3.63, 3.8) is 0 Å². The van der Waals surface area contributed by atoms with Gasteiger partial charge in [0.15, 0.2) is 0 Å². The number of rotatable bonds is 6. The number of hydrogen-bond donors (Lipinski definition) is 1. The van der Waals surface area contributed by atoms with Crippen molar-refractivity contribution in [2.75, 3.05) is 6.61 Å². The van der Waals surface area contributed by atoms with E-state index in [1.54, 1.807) is 12.1 Å². The molecule has 0 fully saturated rings. The Kier molecular flexibility index (Phi) is 5.37. The lowest BCUT2D eigenvalue weighted by atomic mass is 9.96. The van der Waals surface area contributed by atoms with E-state index < -0.39 is 0 Å². The summed E-state index contributed by atoms with van der Waals surface area (Å²) in [5.74, 6) is -0.340. The molecule has 96 valence electrons. The monoisotopic (exact) mass is 259 g/mol. The lowest BCUT2D eigenvalue weighted by Gasteiger charge is -2.26. The first kappa shape index (κ1) is 14.4. The van der Waals surface area contributed by atoms with E-state index in [0.29, 0.717) is 17.2 Å². The minimum Gasteiger partial charge on any atom is -0.375 e. The molecule has 0 aliphatic rings. The van der Waals surface area contributed by atoms with Crippen molar-refractivity contribution in [2.24, 2.45) is 5.73 Å². The number of nitrogens with two attached hydrogens (primary N) is 1. The summed E-state index contributed by atoms with van der Waals surface area (Å²) >= 11 is 5.90. The van der Waals surface area contributed by atoms with Crippen LogP contribution < -0.4 is 5.73 Å². The molecule has 0 bridgehead atoms. The summed E-state index contributed by atoms with van der Waals surface area (Å²) in [7, 11) is 0. The molecule has 0 spiro atoms. The molecule has 0 amide bonds. The highest BCUT2D eigenvalue weighted by atomic mass is 35.5. The second kappa shape index (κ2) is 6.34. The number of hydrogen-bond acceptors (Lipinski definition) is 2. The van der Waals surface area contributed by atoms with Gasteiger partial charge in [0.05, 0.1) is 13.2 Å². The molecule has 4 heteroatoms. The summed E-state index contributed by atoms with van der Waals surface area (Å²) in [6, 6.07) is 4.60. The van der Waals surface area contributed by atoms with E-state index in [2.05, 4.69) is 0 Å². The average Bonchev–Trinajstić information content (AvgIpc) is 2.32. The third kappa shape index (κ3) is 3.95. The van der Waals surface area contributed by atoms with Crippen LogP contribution >= 0.6 is 11.6 Å². The molecular formula is C13H19ClFNO. The predicted molar refractivity (Wildman–Crippen MR) is 68.6 cm³/mol. The van der Waals surface area contributed by atoms with Crippen LogP contribution in [0.15, 0.2) is 18.2 Å². The molecule has 0 unspecified atom stereocenters. The van der Waals surface area contributed by atoms with E-state index in [1.165, 1.54) is 6.07 Å². The third-order valence-corrected chi connectivity index (χ3v) is 3.46. The van der Waals surface area contributed by atoms with E-state index in [4.69, 9.17) is 22.1 Å². The Morgan fingerprint density at radius 3 is 2.53 bits per heavy atom. The van der Waals surface area contributed by atoms with Gasteiger partial charge in [-0.15, -0.1) is 0 Å². The zero-order valence-electron chi connectivity index (χ0n) is 10.3. The van der Waals surface area contributed by atoms with Gasteiger partial charge in [0.25, 0.3) is 0 Å². The van der Waals surface area contributed by atoms with Gasteiger partial charge in [0, 0.05) is 16.1 Å². The van der Waals surface area contributed by atoms with Gasteiger partial charge in [-0.2, -0.15) is 0 Å². The number of benzene rings is 1. The van der Waals surface area contributed by atoms with Crippen LogP contribution in [0.4, 0.5) is 4.39 Å². The van der Waals surface area contributed by atoms with E-state index in [-0.39, 0.29) is 18.0 Å². The Morgan fingerprint density at radius 2 is 2.00 bits per heavy atom. The van der Waals surface area contributed by atoms with E-state index in [1.807, 2.05) is 13.8 Å². The highest BCUT2D eigenvalue weighted by Crippen LogP contribution is 2.20. The zero-order valence-corrected chi connectivity index (χ0v) is 11.1. The van der Waals surface area contributed by atoms with Crippen LogP contribution in [-0.4, -0.2) is 12.1 Å². The predicted octanol–water partition coefficient (Wildman–Crippen LogP) is 3.51. The smallest absolute Gasteiger partial charge is 0.130 e. The fourth-order valence-electron chi connectivity index (χ4n) is 1.48. The van der Waals surface area contributed by atoms with Crippen LogP contribution in [-0.2, 0) is 11.3 Å². The zero-order chi connectivity index (χ0) is 12.9. The summed E-state index contributed by atoms with van der Waals surface area (Å²) in [6.45, 7) is 4.60.